The number of aryl methyl sites for hydroxylation is 4. The largest absolute Gasteiger partial charge is 0.324 e. The minimum Gasteiger partial charge on any atom is -0.324 e. The van der Waals surface area contributed by atoms with E-state index in [1.54, 1.807) is 0 Å². The van der Waals surface area contributed by atoms with E-state index in [-0.39, 0.29) is 18.0 Å². The Kier molecular flexibility index (Phi) is 6.24. The molecule has 32 heavy (non-hydrogen) atoms. The first-order valence-electron chi connectivity index (χ1n) is 10.9. The number of para-hydroxylation sites is 1. The standard InChI is InChI=1S/C26H27N3O2S/c1-5-18-8-7-9-19(6-2)24(18)28-22(30)13-29-15-27-25-23(26(29)31)21(14-32-25)20-11-10-16(3)17(4)12-20/h7-12,14-15H,5-6,13H2,1-4H3,(H,28,30). The maximum Gasteiger partial charge on any atom is 0.263 e. The molecule has 2 aromatic heterocycles. The molecule has 1 N–H and O–H groups in total. The highest BCUT2D eigenvalue weighted by molar-refractivity contribution is 7.17. The van der Waals surface area contributed by atoms with Crippen LogP contribution in [0.1, 0.15) is 36.1 Å². The molecule has 5 nitrogen and oxygen atoms in total. The summed E-state index contributed by atoms with van der Waals surface area (Å²) in [5, 5.41) is 5.57. The van der Waals surface area contributed by atoms with Gasteiger partial charge in [-0.3, -0.25) is 14.2 Å². The van der Waals surface area contributed by atoms with Crippen molar-refractivity contribution in [2.24, 2.45) is 0 Å². The predicted molar refractivity (Wildman–Crippen MR) is 133 cm³/mol. The van der Waals surface area contributed by atoms with Crippen molar-refractivity contribution in [1.82, 2.24) is 9.55 Å². The number of hydrogen-bond donors (Lipinski definition) is 1. The van der Waals surface area contributed by atoms with E-state index in [1.807, 2.05) is 29.6 Å². The third-order valence-corrected chi connectivity index (χ3v) is 6.84. The summed E-state index contributed by atoms with van der Waals surface area (Å²) in [6.45, 7) is 8.19. The Hall–Kier alpha value is -3.25. The molecule has 0 bridgehead atoms. The van der Waals surface area contributed by atoms with Crippen molar-refractivity contribution in [3.05, 3.63) is 80.7 Å². The summed E-state index contributed by atoms with van der Waals surface area (Å²) in [4.78, 5) is 31.3. The average molecular weight is 446 g/mol. The highest BCUT2D eigenvalue weighted by Crippen LogP contribution is 2.31. The number of rotatable bonds is 6. The Morgan fingerprint density at radius 1 is 1.06 bits per heavy atom. The van der Waals surface area contributed by atoms with Crippen LogP contribution in [0.5, 0.6) is 0 Å². The van der Waals surface area contributed by atoms with Crippen molar-refractivity contribution in [2.75, 3.05) is 5.32 Å². The maximum absolute atomic E-state index is 13.3. The number of carbonyl (C=O) groups excluding carboxylic acids is 1. The van der Waals surface area contributed by atoms with Crippen molar-refractivity contribution >= 4 is 33.1 Å². The molecule has 2 aromatic carbocycles. The lowest BCUT2D eigenvalue weighted by atomic mass is 10.0. The fourth-order valence-corrected chi connectivity index (χ4v) is 4.84. The van der Waals surface area contributed by atoms with Crippen LogP contribution in [-0.2, 0) is 24.2 Å². The molecule has 0 saturated carbocycles. The van der Waals surface area contributed by atoms with E-state index >= 15 is 0 Å². The molecule has 4 aromatic rings. The first kappa shape index (κ1) is 22.0. The van der Waals surface area contributed by atoms with Gasteiger partial charge in [-0.15, -0.1) is 11.3 Å². The Morgan fingerprint density at radius 2 is 1.78 bits per heavy atom. The normalized spacial score (nSPS) is 11.1. The van der Waals surface area contributed by atoms with Crippen LogP contribution in [0.4, 0.5) is 5.69 Å². The monoisotopic (exact) mass is 445 g/mol. The molecule has 4 rings (SSSR count). The van der Waals surface area contributed by atoms with Crippen molar-refractivity contribution in [3.63, 3.8) is 0 Å². The van der Waals surface area contributed by atoms with Gasteiger partial charge in [-0.2, -0.15) is 0 Å². The summed E-state index contributed by atoms with van der Waals surface area (Å²) in [6.07, 6.45) is 3.12. The molecule has 0 unspecified atom stereocenters. The summed E-state index contributed by atoms with van der Waals surface area (Å²) in [5.41, 5.74) is 7.08. The molecule has 1 amide bonds. The van der Waals surface area contributed by atoms with E-state index in [0.717, 1.165) is 40.8 Å². The van der Waals surface area contributed by atoms with Crippen molar-refractivity contribution < 1.29 is 4.79 Å². The van der Waals surface area contributed by atoms with Crippen molar-refractivity contribution in [1.29, 1.82) is 0 Å². The highest BCUT2D eigenvalue weighted by atomic mass is 32.1. The van der Waals surface area contributed by atoms with Gasteiger partial charge in [-0.1, -0.05) is 50.2 Å². The molecule has 0 saturated heterocycles. The van der Waals surface area contributed by atoms with Gasteiger partial charge in [0.25, 0.3) is 5.56 Å². The number of benzene rings is 2. The summed E-state index contributed by atoms with van der Waals surface area (Å²) in [5.74, 6) is -0.230. The highest BCUT2D eigenvalue weighted by Gasteiger charge is 2.16. The van der Waals surface area contributed by atoms with Crippen molar-refractivity contribution in [2.45, 2.75) is 47.1 Å². The minimum absolute atomic E-state index is 0.0782. The fourth-order valence-electron chi connectivity index (χ4n) is 3.94. The van der Waals surface area contributed by atoms with E-state index in [1.165, 1.54) is 33.4 Å². The third kappa shape index (κ3) is 4.10. The minimum atomic E-state index is -0.230. The molecule has 0 aliphatic carbocycles. The Balaban J connectivity index is 1.68. The van der Waals surface area contributed by atoms with Crippen LogP contribution in [0.25, 0.3) is 21.3 Å². The second-order valence-electron chi connectivity index (χ2n) is 8.01. The van der Waals surface area contributed by atoms with E-state index in [0.29, 0.717) is 10.2 Å². The number of anilines is 1. The van der Waals surface area contributed by atoms with Gasteiger partial charge >= 0.3 is 0 Å². The van der Waals surface area contributed by atoms with E-state index in [4.69, 9.17) is 0 Å². The van der Waals surface area contributed by atoms with Crippen LogP contribution in [0.2, 0.25) is 0 Å². The summed E-state index contributed by atoms with van der Waals surface area (Å²) in [6, 6.07) is 12.2. The zero-order valence-corrected chi connectivity index (χ0v) is 19.7. The number of nitrogens with zero attached hydrogens (tertiary/aromatic N) is 2. The Bertz CT molecular complexity index is 1350. The molecule has 0 aliphatic heterocycles. The SMILES string of the molecule is CCc1cccc(CC)c1NC(=O)Cn1cnc2scc(-c3ccc(C)c(C)c3)c2c1=O. The molecule has 2 heterocycles. The lowest BCUT2D eigenvalue weighted by Crippen LogP contribution is -2.28. The molecular formula is C26H27N3O2S. The van der Waals surface area contributed by atoms with Gasteiger partial charge < -0.3 is 5.32 Å². The molecule has 0 radical (unpaired) electrons. The van der Waals surface area contributed by atoms with Gasteiger partial charge in [-0.05, 0) is 54.5 Å². The zero-order chi connectivity index (χ0) is 22.8. The van der Waals surface area contributed by atoms with Crippen LogP contribution < -0.4 is 10.9 Å². The number of carbonyl (C=O) groups is 1. The van der Waals surface area contributed by atoms with Crippen LogP contribution in [0.3, 0.4) is 0 Å². The van der Waals surface area contributed by atoms with E-state index in [9.17, 15) is 9.59 Å². The Labute approximate surface area is 191 Å². The zero-order valence-electron chi connectivity index (χ0n) is 18.9. The number of amides is 1. The molecule has 0 spiro atoms. The molecule has 0 atom stereocenters. The van der Waals surface area contributed by atoms with Crippen LogP contribution in [-0.4, -0.2) is 15.5 Å². The summed E-state index contributed by atoms with van der Waals surface area (Å²) in [7, 11) is 0. The maximum atomic E-state index is 13.3. The number of fused-ring (bicyclic) bond motifs is 1. The summed E-state index contributed by atoms with van der Waals surface area (Å²) < 4.78 is 1.40. The lowest BCUT2D eigenvalue weighted by molar-refractivity contribution is -0.116. The molecular weight excluding hydrogens is 418 g/mol. The fraction of sp³-hybridized carbons (Fsp3) is 0.269. The molecule has 6 heteroatoms. The smallest absolute Gasteiger partial charge is 0.263 e. The second-order valence-corrected chi connectivity index (χ2v) is 8.87. The number of nitrogens with one attached hydrogen (secondary N) is 1. The second kappa shape index (κ2) is 9.09. The molecule has 0 fully saturated rings. The first-order valence-corrected chi connectivity index (χ1v) is 11.8. The van der Waals surface area contributed by atoms with E-state index < -0.39 is 0 Å². The third-order valence-electron chi connectivity index (χ3n) is 5.96. The molecule has 0 aliphatic rings. The van der Waals surface area contributed by atoms with Crippen LogP contribution >= 0.6 is 11.3 Å². The van der Waals surface area contributed by atoms with E-state index in [2.05, 4.69) is 50.1 Å². The topological polar surface area (TPSA) is 64.0 Å². The lowest BCUT2D eigenvalue weighted by Gasteiger charge is -2.15. The van der Waals surface area contributed by atoms with Crippen molar-refractivity contribution in [3.8, 4) is 11.1 Å². The number of thiophene rings is 1. The number of aromatic nitrogens is 2. The number of hydrogen-bond acceptors (Lipinski definition) is 4. The van der Waals surface area contributed by atoms with Gasteiger partial charge in [0.1, 0.15) is 11.4 Å². The quantitative estimate of drug-likeness (QED) is 0.426. The predicted octanol–water partition coefficient (Wildman–Crippen LogP) is 5.51. The average Bonchev–Trinajstić information content (AvgIpc) is 3.22. The van der Waals surface area contributed by atoms with Crippen LogP contribution in [0.15, 0.2) is 52.9 Å². The van der Waals surface area contributed by atoms with Gasteiger partial charge in [0.15, 0.2) is 0 Å². The van der Waals surface area contributed by atoms with Gasteiger partial charge in [0.05, 0.1) is 11.7 Å². The summed E-state index contributed by atoms with van der Waals surface area (Å²) >= 11 is 1.45. The molecule has 164 valence electrons. The van der Waals surface area contributed by atoms with Gasteiger partial charge in [0.2, 0.25) is 5.91 Å². The van der Waals surface area contributed by atoms with Gasteiger partial charge in [-0.25, -0.2) is 4.98 Å². The van der Waals surface area contributed by atoms with Gasteiger partial charge in [0, 0.05) is 16.6 Å². The first-order chi connectivity index (χ1) is 15.4. The Morgan fingerprint density at radius 3 is 2.44 bits per heavy atom. The van der Waals surface area contributed by atoms with Crippen LogP contribution in [0, 0.1) is 13.8 Å².